The first-order valence-corrected chi connectivity index (χ1v) is 12.9. The first-order valence-electron chi connectivity index (χ1n) is 11.5. The Labute approximate surface area is 225 Å². The van der Waals surface area contributed by atoms with E-state index in [2.05, 4.69) is 21.2 Å². The van der Waals surface area contributed by atoms with Gasteiger partial charge in [-0.1, -0.05) is 29.8 Å². The van der Waals surface area contributed by atoms with E-state index in [0.29, 0.717) is 17.2 Å². The number of hydrogen-bond acceptors (Lipinski definition) is 5. The number of amides is 1. The van der Waals surface area contributed by atoms with E-state index in [-0.39, 0.29) is 11.7 Å². The van der Waals surface area contributed by atoms with Gasteiger partial charge in [-0.05, 0) is 74.5 Å². The summed E-state index contributed by atoms with van der Waals surface area (Å²) in [5.41, 5.74) is 8.00. The number of halogens is 1. The van der Waals surface area contributed by atoms with Crippen LogP contribution in [-0.2, 0) is 11.4 Å². The Morgan fingerprint density at radius 2 is 1.84 bits per heavy atom. The number of nitrogens with zero attached hydrogens (tertiary/aromatic N) is 3. The Morgan fingerprint density at radius 1 is 1.11 bits per heavy atom. The topological polar surface area (TPSA) is 79.4 Å². The minimum absolute atomic E-state index is 0.182. The fraction of sp³-hybridized carbons (Fsp3) is 0.138. The monoisotopic (exact) mass is 528 g/mol. The molecule has 0 saturated carbocycles. The maximum atomic E-state index is 12.2. The van der Waals surface area contributed by atoms with Gasteiger partial charge in [-0.2, -0.15) is 10.4 Å². The van der Waals surface area contributed by atoms with E-state index in [1.165, 1.54) is 11.8 Å². The van der Waals surface area contributed by atoms with Crippen LogP contribution in [0.2, 0.25) is 5.02 Å². The molecule has 0 aliphatic heterocycles. The molecule has 0 radical (unpaired) electrons. The third-order valence-electron chi connectivity index (χ3n) is 5.67. The molecule has 0 saturated heterocycles. The fourth-order valence-corrected chi connectivity index (χ4v) is 4.63. The average molecular weight is 529 g/mol. The smallest absolute Gasteiger partial charge is 0.250 e. The molecule has 1 aromatic heterocycles. The van der Waals surface area contributed by atoms with Crippen molar-refractivity contribution in [2.45, 2.75) is 25.3 Å². The number of hydrazone groups is 1. The van der Waals surface area contributed by atoms with E-state index < -0.39 is 0 Å². The number of carbonyl (C=O) groups excluding carboxylic acids is 1. The van der Waals surface area contributed by atoms with Gasteiger partial charge in [-0.15, -0.1) is 11.8 Å². The van der Waals surface area contributed by atoms with Crippen LogP contribution in [0.1, 0.15) is 28.1 Å². The van der Waals surface area contributed by atoms with Gasteiger partial charge in [0.15, 0.2) is 0 Å². The SMILES string of the molecule is Cc1cc(/C=N\NC(=O)CSc2ccc(Cl)cc2)c(C)n1-c1ccc(OCc2ccccc2C#N)cc1. The summed E-state index contributed by atoms with van der Waals surface area (Å²) in [6.45, 7) is 4.36. The lowest BCUT2D eigenvalue weighted by atomic mass is 10.1. The number of benzene rings is 3. The van der Waals surface area contributed by atoms with Crippen LogP contribution in [0, 0.1) is 25.2 Å². The fourth-order valence-electron chi connectivity index (χ4n) is 3.81. The van der Waals surface area contributed by atoms with Gasteiger partial charge in [0.25, 0.3) is 0 Å². The summed E-state index contributed by atoms with van der Waals surface area (Å²) >= 11 is 7.31. The van der Waals surface area contributed by atoms with E-state index in [9.17, 15) is 10.1 Å². The van der Waals surface area contributed by atoms with E-state index in [4.69, 9.17) is 16.3 Å². The maximum Gasteiger partial charge on any atom is 0.250 e. The Bertz CT molecular complexity index is 1460. The predicted molar refractivity (Wildman–Crippen MR) is 149 cm³/mol. The second-order valence-corrected chi connectivity index (χ2v) is 9.73. The number of nitrogens with one attached hydrogen (secondary N) is 1. The van der Waals surface area contributed by atoms with Gasteiger partial charge >= 0.3 is 0 Å². The van der Waals surface area contributed by atoms with E-state index in [1.807, 2.05) is 74.5 Å². The number of hydrogen-bond donors (Lipinski definition) is 1. The third-order valence-corrected chi connectivity index (χ3v) is 6.94. The van der Waals surface area contributed by atoms with Crippen LogP contribution in [-0.4, -0.2) is 22.4 Å². The number of aryl methyl sites for hydroxylation is 1. The van der Waals surface area contributed by atoms with Gasteiger partial charge in [-0.25, -0.2) is 5.43 Å². The van der Waals surface area contributed by atoms with Gasteiger partial charge in [0, 0.05) is 38.1 Å². The molecular weight excluding hydrogens is 504 g/mol. The third kappa shape index (κ3) is 6.82. The van der Waals surface area contributed by atoms with Crippen molar-refractivity contribution in [3.63, 3.8) is 0 Å². The highest BCUT2D eigenvalue weighted by molar-refractivity contribution is 8.00. The van der Waals surface area contributed by atoms with E-state index in [0.717, 1.165) is 38.8 Å². The van der Waals surface area contributed by atoms with Gasteiger partial charge in [0.05, 0.1) is 23.6 Å². The van der Waals surface area contributed by atoms with Crippen molar-refractivity contribution in [3.05, 3.63) is 112 Å². The van der Waals surface area contributed by atoms with Crippen molar-refractivity contribution in [3.8, 4) is 17.5 Å². The zero-order chi connectivity index (χ0) is 26.2. The summed E-state index contributed by atoms with van der Waals surface area (Å²) in [7, 11) is 0. The Balaban J connectivity index is 1.35. The lowest BCUT2D eigenvalue weighted by Crippen LogP contribution is -2.19. The molecule has 0 bridgehead atoms. The van der Waals surface area contributed by atoms with Crippen LogP contribution < -0.4 is 10.2 Å². The highest BCUT2D eigenvalue weighted by Crippen LogP contribution is 2.23. The molecule has 37 heavy (non-hydrogen) atoms. The van der Waals surface area contributed by atoms with Crippen molar-refractivity contribution in [1.29, 1.82) is 5.26 Å². The summed E-state index contributed by atoms with van der Waals surface area (Å²) in [5, 5.41) is 14.1. The molecule has 3 aromatic carbocycles. The molecule has 0 atom stereocenters. The summed E-state index contributed by atoms with van der Waals surface area (Å²) in [6, 6.07) is 26.8. The minimum atomic E-state index is -0.182. The molecule has 8 heteroatoms. The van der Waals surface area contributed by atoms with Crippen molar-refractivity contribution < 1.29 is 9.53 Å². The van der Waals surface area contributed by atoms with E-state index in [1.54, 1.807) is 24.4 Å². The predicted octanol–water partition coefficient (Wildman–Crippen LogP) is 6.44. The maximum absolute atomic E-state index is 12.2. The minimum Gasteiger partial charge on any atom is -0.489 e. The van der Waals surface area contributed by atoms with Crippen LogP contribution in [0.5, 0.6) is 5.75 Å². The first-order chi connectivity index (χ1) is 17.9. The Morgan fingerprint density at radius 3 is 2.57 bits per heavy atom. The molecule has 4 aromatic rings. The average Bonchev–Trinajstić information content (AvgIpc) is 3.20. The number of thioether (sulfide) groups is 1. The molecule has 0 spiro atoms. The standard InChI is InChI=1S/C29H25ClN4O2S/c1-20-15-24(17-32-33-29(35)19-37-28-13-7-25(30)8-14-28)21(2)34(20)26-9-11-27(12-10-26)36-18-23-6-4-3-5-22(23)16-31/h3-15,17H,18-19H2,1-2H3,(H,33,35)/b32-17-. The molecule has 6 nitrogen and oxygen atoms in total. The van der Waals surface area contributed by atoms with Gasteiger partial charge in [0.1, 0.15) is 12.4 Å². The van der Waals surface area contributed by atoms with Crippen LogP contribution in [0.15, 0.2) is 88.9 Å². The molecule has 0 fully saturated rings. The second kappa shape index (κ2) is 12.3. The Hall–Kier alpha value is -3.99. The summed E-state index contributed by atoms with van der Waals surface area (Å²) < 4.78 is 8.01. The number of nitriles is 1. The molecule has 0 aliphatic rings. The van der Waals surface area contributed by atoms with E-state index >= 15 is 0 Å². The molecule has 1 amide bonds. The van der Waals surface area contributed by atoms with Crippen molar-refractivity contribution in [1.82, 2.24) is 9.99 Å². The molecule has 4 rings (SSSR count). The van der Waals surface area contributed by atoms with Crippen molar-refractivity contribution in [2.24, 2.45) is 5.10 Å². The summed E-state index contributed by atoms with van der Waals surface area (Å²) in [6.07, 6.45) is 1.66. The van der Waals surface area contributed by atoms with Gasteiger partial charge < -0.3 is 9.30 Å². The number of ether oxygens (including phenoxy) is 1. The quantitative estimate of drug-likeness (QED) is 0.154. The first kappa shape index (κ1) is 26.1. The highest BCUT2D eigenvalue weighted by Gasteiger charge is 2.10. The normalized spacial score (nSPS) is 10.9. The van der Waals surface area contributed by atoms with Gasteiger partial charge in [-0.3, -0.25) is 4.79 Å². The zero-order valence-electron chi connectivity index (χ0n) is 20.4. The van der Waals surface area contributed by atoms with Crippen LogP contribution in [0.4, 0.5) is 0 Å². The van der Waals surface area contributed by atoms with Crippen LogP contribution in [0.3, 0.4) is 0 Å². The van der Waals surface area contributed by atoms with Crippen LogP contribution >= 0.6 is 23.4 Å². The molecular formula is C29H25ClN4O2S. The highest BCUT2D eigenvalue weighted by atomic mass is 35.5. The molecule has 0 aliphatic carbocycles. The number of rotatable bonds is 9. The largest absolute Gasteiger partial charge is 0.489 e. The second-order valence-electron chi connectivity index (χ2n) is 8.25. The molecule has 1 N–H and O–H groups in total. The molecule has 186 valence electrons. The van der Waals surface area contributed by atoms with Crippen molar-refractivity contribution >= 4 is 35.5 Å². The van der Waals surface area contributed by atoms with Crippen molar-refractivity contribution in [2.75, 3.05) is 5.75 Å². The lowest BCUT2D eigenvalue weighted by Gasteiger charge is -2.12. The Kier molecular flexibility index (Phi) is 8.68. The lowest BCUT2D eigenvalue weighted by molar-refractivity contribution is -0.118. The molecule has 0 unspecified atom stereocenters. The summed E-state index contributed by atoms with van der Waals surface area (Å²) in [5.74, 6) is 0.798. The number of carbonyl (C=O) groups is 1. The van der Waals surface area contributed by atoms with Crippen LogP contribution in [0.25, 0.3) is 5.69 Å². The number of aromatic nitrogens is 1. The van der Waals surface area contributed by atoms with Gasteiger partial charge in [0.2, 0.25) is 5.91 Å². The molecule has 1 heterocycles. The summed E-state index contributed by atoms with van der Waals surface area (Å²) in [4.78, 5) is 13.1. The zero-order valence-corrected chi connectivity index (χ0v) is 22.0.